The highest BCUT2D eigenvalue weighted by molar-refractivity contribution is 9.10. The van der Waals surface area contributed by atoms with Crippen LogP contribution in [0, 0.1) is 0 Å². The summed E-state index contributed by atoms with van der Waals surface area (Å²) in [6, 6.07) is 4.18. The second-order valence-corrected chi connectivity index (χ2v) is 9.11. The third kappa shape index (κ3) is 12.2. The molecule has 0 amide bonds. The number of halogens is 5. The van der Waals surface area contributed by atoms with E-state index in [0.717, 1.165) is 39.3 Å². The number of hydrogen-bond acceptors (Lipinski definition) is 9. The summed E-state index contributed by atoms with van der Waals surface area (Å²) in [7, 11) is 2.78. The van der Waals surface area contributed by atoms with E-state index in [4.69, 9.17) is 4.74 Å². The van der Waals surface area contributed by atoms with Crippen LogP contribution in [0.3, 0.4) is 0 Å². The fraction of sp³-hybridized carbons (Fsp3) is 0.652. The lowest BCUT2D eigenvalue weighted by molar-refractivity contribution is -0.143. The van der Waals surface area contributed by atoms with Gasteiger partial charge >= 0.3 is 18.1 Å². The zero-order valence-electron chi connectivity index (χ0n) is 21.0. The first kappa shape index (κ1) is 33.4. The predicted molar refractivity (Wildman–Crippen MR) is 138 cm³/mol. The van der Waals surface area contributed by atoms with Gasteiger partial charge in [-0.1, -0.05) is 22.0 Å². The number of alkyl halides is 3. The van der Waals surface area contributed by atoms with Crippen molar-refractivity contribution >= 4 is 40.3 Å². The van der Waals surface area contributed by atoms with Crippen molar-refractivity contribution in [1.82, 2.24) is 20.0 Å². The Bertz CT molecular complexity index is 839. The molecule has 2 heterocycles. The van der Waals surface area contributed by atoms with E-state index in [2.05, 4.69) is 40.5 Å². The SMILES string of the molecule is COC(=O)CN1CCN(CCOc2cccc(Br)c2C(F)(F)F)CC1.COC(=O)CN1CCNCC1.Cl. The molecular formula is C23H35BrClF3N4O5. The van der Waals surface area contributed by atoms with Crippen molar-refractivity contribution < 1.29 is 37.0 Å². The predicted octanol–water partition coefficient (Wildman–Crippen LogP) is 2.12. The third-order valence-electron chi connectivity index (χ3n) is 5.76. The molecule has 9 nitrogen and oxygen atoms in total. The lowest BCUT2D eigenvalue weighted by Gasteiger charge is -2.33. The van der Waals surface area contributed by atoms with Crippen molar-refractivity contribution in [2.24, 2.45) is 0 Å². The number of carbonyl (C=O) groups is 2. The molecule has 0 bridgehead atoms. The van der Waals surface area contributed by atoms with Gasteiger partial charge in [0.1, 0.15) is 17.9 Å². The average molecular weight is 620 g/mol. The Morgan fingerprint density at radius 1 is 0.919 bits per heavy atom. The molecule has 0 atom stereocenters. The van der Waals surface area contributed by atoms with Crippen LogP contribution in [0.15, 0.2) is 22.7 Å². The van der Waals surface area contributed by atoms with E-state index in [1.54, 1.807) is 0 Å². The van der Waals surface area contributed by atoms with E-state index in [1.165, 1.54) is 32.4 Å². The van der Waals surface area contributed by atoms with Crippen LogP contribution in [-0.2, 0) is 25.2 Å². The topological polar surface area (TPSA) is 83.6 Å². The lowest BCUT2D eigenvalue weighted by Crippen LogP contribution is -2.48. The highest BCUT2D eigenvalue weighted by Crippen LogP contribution is 2.40. The molecule has 2 fully saturated rings. The normalized spacial score (nSPS) is 17.1. The van der Waals surface area contributed by atoms with E-state index >= 15 is 0 Å². The molecule has 1 aromatic rings. The first-order valence-electron chi connectivity index (χ1n) is 11.6. The number of esters is 2. The molecule has 0 aliphatic carbocycles. The van der Waals surface area contributed by atoms with E-state index in [0.29, 0.717) is 26.2 Å². The molecule has 2 aliphatic heterocycles. The summed E-state index contributed by atoms with van der Waals surface area (Å²) in [5, 5.41) is 3.21. The van der Waals surface area contributed by atoms with Crippen molar-refractivity contribution in [3.63, 3.8) is 0 Å². The summed E-state index contributed by atoms with van der Waals surface area (Å²) in [4.78, 5) is 28.2. The monoisotopic (exact) mass is 618 g/mol. The molecule has 0 unspecified atom stereocenters. The molecule has 212 valence electrons. The maximum Gasteiger partial charge on any atom is 0.421 e. The van der Waals surface area contributed by atoms with Gasteiger partial charge < -0.3 is 19.5 Å². The van der Waals surface area contributed by atoms with Gasteiger partial charge in [-0.2, -0.15) is 13.2 Å². The fourth-order valence-electron chi connectivity index (χ4n) is 3.72. The molecule has 3 rings (SSSR count). The van der Waals surface area contributed by atoms with Crippen LogP contribution in [0.2, 0.25) is 0 Å². The largest absolute Gasteiger partial charge is 0.492 e. The van der Waals surface area contributed by atoms with Gasteiger partial charge in [0.25, 0.3) is 0 Å². The molecule has 0 saturated carbocycles. The van der Waals surface area contributed by atoms with Crippen molar-refractivity contribution in [3.05, 3.63) is 28.2 Å². The number of methoxy groups -OCH3 is 2. The van der Waals surface area contributed by atoms with Crippen LogP contribution >= 0.6 is 28.3 Å². The standard InChI is InChI=1S/C16H20BrF3N2O3.C7H14N2O2.ClH/c1-24-14(23)11-22-7-5-21(6-8-22)9-10-25-13-4-2-3-12(17)15(13)16(18,19)20;1-11-7(10)6-9-4-2-8-3-5-9;/h2-4H,5-11H2,1H3;8H,2-6H2,1H3;1H. The van der Waals surface area contributed by atoms with Gasteiger partial charge in [-0.05, 0) is 12.1 Å². The number of nitrogens with one attached hydrogen (secondary N) is 1. The molecule has 1 N–H and O–H groups in total. The zero-order valence-corrected chi connectivity index (χ0v) is 23.4. The number of carbonyl (C=O) groups excluding carboxylic acids is 2. The highest BCUT2D eigenvalue weighted by Gasteiger charge is 2.36. The quantitative estimate of drug-likeness (QED) is 0.440. The van der Waals surface area contributed by atoms with Gasteiger partial charge in [-0.15, -0.1) is 12.4 Å². The minimum atomic E-state index is -4.48. The molecule has 0 aromatic heterocycles. The summed E-state index contributed by atoms with van der Waals surface area (Å²) >= 11 is 2.93. The number of piperazine rings is 2. The summed E-state index contributed by atoms with van der Waals surface area (Å²) in [5.41, 5.74) is -0.794. The smallest absolute Gasteiger partial charge is 0.421 e. The van der Waals surface area contributed by atoms with Crippen LogP contribution in [-0.4, -0.2) is 119 Å². The number of rotatable bonds is 8. The van der Waals surface area contributed by atoms with Gasteiger partial charge in [0, 0.05) is 63.4 Å². The van der Waals surface area contributed by atoms with Crippen molar-refractivity contribution in [2.45, 2.75) is 6.18 Å². The Hall–Kier alpha value is -1.64. The molecule has 0 spiro atoms. The third-order valence-corrected chi connectivity index (χ3v) is 6.42. The van der Waals surface area contributed by atoms with Gasteiger partial charge in [-0.25, -0.2) is 0 Å². The molecule has 2 saturated heterocycles. The first-order chi connectivity index (χ1) is 17.1. The Labute approximate surface area is 230 Å². The Balaban J connectivity index is 0.000000479. The van der Waals surface area contributed by atoms with Gasteiger partial charge in [0.05, 0.1) is 27.3 Å². The summed E-state index contributed by atoms with van der Waals surface area (Å²) < 4.78 is 53.8. The average Bonchev–Trinajstić information content (AvgIpc) is 2.85. The van der Waals surface area contributed by atoms with Crippen LogP contribution in [0.1, 0.15) is 5.56 Å². The summed E-state index contributed by atoms with van der Waals surface area (Å²) in [5.74, 6) is -0.593. The Morgan fingerprint density at radius 2 is 1.43 bits per heavy atom. The maximum atomic E-state index is 13.1. The molecule has 2 aliphatic rings. The Kier molecular flexibility index (Phi) is 15.4. The molecule has 0 radical (unpaired) electrons. The number of hydrogen-bond donors (Lipinski definition) is 1. The fourth-order valence-corrected chi connectivity index (χ4v) is 4.29. The lowest BCUT2D eigenvalue weighted by atomic mass is 10.2. The first-order valence-corrected chi connectivity index (χ1v) is 12.4. The molecule has 1 aromatic carbocycles. The maximum absolute atomic E-state index is 13.1. The minimum absolute atomic E-state index is 0. The van der Waals surface area contributed by atoms with E-state index in [-0.39, 0.29) is 47.7 Å². The van der Waals surface area contributed by atoms with Crippen molar-refractivity contribution in [2.75, 3.05) is 92.8 Å². The molecule has 37 heavy (non-hydrogen) atoms. The van der Waals surface area contributed by atoms with Crippen molar-refractivity contribution in [1.29, 1.82) is 0 Å². The summed E-state index contributed by atoms with van der Waals surface area (Å²) in [6.45, 7) is 8.06. The van der Waals surface area contributed by atoms with Gasteiger partial charge in [0.2, 0.25) is 0 Å². The summed E-state index contributed by atoms with van der Waals surface area (Å²) in [6.07, 6.45) is -4.48. The van der Waals surface area contributed by atoms with Crippen LogP contribution in [0.4, 0.5) is 13.2 Å². The van der Waals surface area contributed by atoms with Crippen LogP contribution in [0.25, 0.3) is 0 Å². The van der Waals surface area contributed by atoms with Crippen LogP contribution in [0.5, 0.6) is 5.75 Å². The van der Waals surface area contributed by atoms with Gasteiger partial charge in [0.15, 0.2) is 0 Å². The number of ether oxygens (including phenoxy) is 3. The minimum Gasteiger partial charge on any atom is -0.492 e. The van der Waals surface area contributed by atoms with E-state index in [1.807, 2.05) is 4.90 Å². The van der Waals surface area contributed by atoms with Crippen LogP contribution < -0.4 is 10.1 Å². The second kappa shape index (κ2) is 17.0. The molecule has 14 heteroatoms. The Morgan fingerprint density at radius 3 is 1.95 bits per heavy atom. The molecular weight excluding hydrogens is 585 g/mol. The highest BCUT2D eigenvalue weighted by atomic mass is 79.9. The van der Waals surface area contributed by atoms with Gasteiger partial charge in [-0.3, -0.25) is 24.3 Å². The van der Waals surface area contributed by atoms with Crippen molar-refractivity contribution in [3.8, 4) is 5.75 Å². The zero-order chi connectivity index (χ0) is 26.6. The van der Waals surface area contributed by atoms with E-state index < -0.39 is 11.7 Å². The number of nitrogens with zero attached hydrogens (tertiary/aromatic N) is 3. The van der Waals surface area contributed by atoms with E-state index in [9.17, 15) is 22.8 Å². The number of benzene rings is 1. The second-order valence-electron chi connectivity index (χ2n) is 8.26.